The zero-order chi connectivity index (χ0) is 26.8. The third kappa shape index (κ3) is 6.22. The average molecular weight is 529 g/mol. The lowest BCUT2D eigenvalue weighted by Crippen LogP contribution is -2.45. The molecule has 1 aliphatic carbocycles. The van der Waals surface area contributed by atoms with Crippen LogP contribution in [-0.2, 0) is 11.2 Å². The van der Waals surface area contributed by atoms with Crippen LogP contribution in [0.4, 0.5) is 36.4 Å². The summed E-state index contributed by atoms with van der Waals surface area (Å²) in [5.41, 5.74) is 3.23. The number of fused-ring (bicyclic) bond motifs is 1. The van der Waals surface area contributed by atoms with Crippen molar-refractivity contribution >= 4 is 5.69 Å². The van der Waals surface area contributed by atoms with E-state index in [0.717, 1.165) is 16.7 Å². The summed E-state index contributed by atoms with van der Waals surface area (Å²) in [6.07, 6.45) is -8.79. The number of benzene rings is 2. The maximum absolute atomic E-state index is 13.5. The van der Waals surface area contributed by atoms with E-state index >= 15 is 0 Å². The van der Waals surface area contributed by atoms with E-state index in [1.165, 1.54) is 18.2 Å². The van der Waals surface area contributed by atoms with Crippen molar-refractivity contribution in [1.82, 2.24) is 0 Å². The molecule has 0 fully saturated rings. The number of allylic oxidation sites excluding steroid dienone is 2. The van der Waals surface area contributed by atoms with Gasteiger partial charge in [-0.2, -0.15) is 30.7 Å². The van der Waals surface area contributed by atoms with Crippen molar-refractivity contribution in [3.63, 3.8) is 0 Å². The van der Waals surface area contributed by atoms with E-state index in [-0.39, 0.29) is 6.54 Å². The fourth-order valence-corrected chi connectivity index (χ4v) is 4.99. The molecule has 0 saturated carbocycles. The normalized spacial score (nSPS) is 20.0. The minimum absolute atomic E-state index is 0.333. The number of anilines is 1. The number of rotatable bonds is 8. The Morgan fingerprint density at radius 2 is 1.81 bits per heavy atom. The van der Waals surface area contributed by atoms with Crippen LogP contribution in [0.25, 0.3) is 11.1 Å². The third-order valence-electron chi connectivity index (χ3n) is 6.64. The summed E-state index contributed by atoms with van der Waals surface area (Å²) in [6, 6.07) is 12.3. The summed E-state index contributed by atoms with van der Waals surface area (Å²) >= 11 is 0. The highest BCUT2D eigenvalue weighted by Gasteiger charge is 2.45. The van der Waals surface area contributed by atoms with Gasteiger partial charge in [0.1, 0.15) is 11.5 Å². The molecule has 0 bridgehead atoms. The predicted molar refractivity (Wildman–Crippen MR) is 126 cm³/mol. The lowest BCUT2D eigenvalue weighted by Gasteiger charge is -2.43. The van der Waals surface area contributed by atoms with Gasteiger partial charge in [0.2, 0.25) is 0 Å². The second-order valence-electron chi connectivity index (χ2n) is 9.04. The molecule has 0 spiro atoms. The van der Waals surface area contributed by atoms with E-state index in [9.17, 15) is 30.7 Å². The standard InChI is InChI=1S/C27H26F7NO2/c1-36-19-7-2-5-17(15-19)21-9-4-10-24-22(21)11-12-23(35(24)14-13-26(30,31)32)18-6-3-8-20(16-18)37-27(33,34)25(28)29/h2-5,7-10,15-16,18,23,25H,6,11-14H2,1H3/t18?,23-/m1/s1. The number of alkyl halides is 7. The Morgan fingerprint density at radius 3 is 2.51 bits per heavy atom. The number of halogens is 7. The molecule has 37 heavy (non-hydrogen) atoms. The van der Waals surface area contributed by atoms with Crippen molar-refractivity contribution in [2.45, 2.75) is 50.4 Å². The third-order valence-corrected chi connectivity index (χ3v) is 6.64. The van der Waals surface area contributed by atoms with Crippen LogP contribution >= 0.6 is 0 Å². The van der Waals surface area contributed by atoms with Gasteiger partial charge in [0, 0.05) is 24.2 Å². The highest BCUT2D eigenvalue weighted by molar-refractivity contribution is 5.76. The fraction of sp³-hybridized carbons (Fsp3) is 0.407. The van der Waals surface area contributed by atoms with Crippen molar-refractivity contribution in [1.29, 1.82) is 0 Å². The van der Waals surface area contributed by atoms with Crippen molar-refractivity contribution in [2.75, 3.05) is 18.6 Å². The molecule has 4 rings (SSSR count). The molecule has 2 aromatic carbocycles. The van der Waals surface area contributed by atoms with E-state index in [2.05, 4.69) is 4.74 Å². The van der Waals surface area contributed by atoms with E-state index in [4.69, 9.17) is 4.74 Å². The van der Waals surface area contributed by atoms with Crippen LogP contribution < -0.4 is 9.64 Å². The van der Waals surface area contributed by atoms with Crippen molar-refractivity contribution in [3.8, 4) is 16.9 Å². The van der Waals surface area contributed by atoms with Gasteiger partial charge in [-0.05, 0) is 66.3 Å². The van der Waals surface area contributed by atoms with Crippen LogP contribution in [0.5, 0.6) is 5.75 Å². The Morgan fingerprint density at radius 1 is 1.05 bits per heavy atom. The molecule has 0 aromatic heterocycles. The van der Waals surface area contributed by atoms with Gasteiger partial charge < -0.3 is 14.4 Å². The zero-order valence-corrected chi connectivity index (χ0v) is 20.0. The van der Waals surface area contributed by atoms with Gasteiger partial charge in [0.05, 0.1) is 13.5 Å². The van der Waals surface area contributed by atoms with Crippen LogP contribution in [0.2, 0.25) is 0 Å². The summed E-state index contributed by atoms with van der Waals surface area (Å²) in [5, 5.41) is 0. The Hall–Kier alpha value is -3.17. The summed E-state index contributed by atoms with van der Waals surface area (Å²) < 4.78 is 102. The van der Waals surface area contributed by atoms with Crippen LogP contribution in [0.15, 0.2) is 66.5 Å². The molecule has 0 amide bonds. The highest BCUT2D eigenvalue weighted by atomic mass is 19.4. The number of methoxy groups -OCH3 is 1. The lowest BCUT2D eigenvalue weighted by atomic mass is 9.81. The van der Waals surface area contributed by atoms with E-state index < -0.39 is 42.9 Å². The maximum atomic E-state index is 13.5. The van der Waals surface area contributed by atoms with E-state index in [0.29, 0.717) is 30.7 Å². The molecule has 0 radical (unpaired) electrons. The maximum Gasteiger partial charge on any atom is 0.461 e. The van der Waals surface area contributed by atoms with Crippen molar-refractivity contribution in [3.05, 3.63) is 72.0 Å². The molecular weight excluding hydrogens is 503 g/mol. The van der Waals surface area contributed by atoms with Crippen LogP contribution in [-0.4, -0.2) is 38.4 Å². The largest absolute Gasteiger partial charge is 0.497 e. The number of nitrogens with zero attached hydrogens (tertiary/aromatic N) is 1. The minimum Gasteiger partial charge on any atom is -0.497 e. The van der Waals surface area contributed by atoms with Gasteiger partial charge in [-0.1, -0.05) is 30.3 Å². The molecule has 0 N–H and O–H groups in total. The Labute approximate surface area is 210 Å². The Kier molecular flexibility index (Phi) is 7.75. The first-order valence-electron chi connectivity index (χ1n) is 11.8. The van der Waals surface area contributed by atoms with Crippen LogP contribution in [0.1, 0.15) is 24.8 Å². The van der Waals surface area contributed by atoms with E-state index in [1.54, 1.807) is 30.2 Å². The van der Waals surface area contributed by atoms with Gasteiger partial charge >= 0.3 is 18.7 Å². The first-order valence-corrected chi connectivity index (χ1v) is 11.8. The first-order chi connectivity index (χ1) is 17.5. The molecule has 10 heteroatoms. The summed E-state index contributed by atoms with van der Waals surface area (Å²) in [4.78, 5) is 1.67. The second-order valence-corrected chi connectivity index (χ2v) is 9.04. The van der Waals surface area contributed by atoms with Gasteiger partial charge in [0.25, 0.3) is 0 Å². The zero-order valence-electron chi connectivity index (χ0n) is 20.0. The molecule has 0 saturated heterocycles. The van der Waals surface area contributed by atoms with Crippen molar-refractivity contribution < 1.29 is 40.2 Å². The summed E-state index contributed by atoms with van der Waals surface area (Å²) in [5.74, 6) is -0.284. The van der Waals surface area contributed by atoms with Crippen molar-refractivity contribution in [2.24, 2.45) is 5.92 Å². The smallest absolute Gasteiger partial charge is 0.461 e. The summed E-state index contributed by atoms with van der Waals surface area (Å²) in [7, 11) is 1.55. The highest BCUT2D eigenvalue weighted by Crippen LogP contribution is 2.42. The molecule has 1 aliphatic heterocycles. The minimum atomic E-state index is -4.67. The molecule has 2 aromatic rings. The monoisotopic (exact) mass is 529 g/mol. The molecule has 1 unspecified atom stereocenters. The topological polar surface area (TPSA) is 21.7 Å². The van der Waals surface area contributed by atoms with Crippen LogP contribution in [0.3, 0.4) is 0 Å². The Bertz CT molecular complexity index is 1160. The molecular formula is C27H26F7NO2. The molecule has 2 atom stereocenters. The molecule has 2 aliphatic rings. The van der Waals surface area contributed by atoms with Gasteiger partial charge in [-0.25, -0.2) is 0 Å². The molecule has 200 valence electrons. The van der Waals surface area contributed by atoms with E-state index in [1.807, 2.05) is 24.3 Å². The second kappa shape index (κ2) is 10.7. The average Bonchev–Trinajstić information content (AvgIpc) is 2.86. The number of ether oxygens (including phenoxy) is 2. The predicted octanol–water partition coefficient (Wildman–Crippen LogP) is 7.77. The molecule has 3 nitrogen and oxygen atoms in total. The lowest BCUT2D eigenvalue weighted by molar-refractivity contribution is -0.280. The van der Waals surface area contributed by atoms with Crippen LogP contribution in [0, 0.1) is 5.92 Å². The number of hydrogen-bond donors (Lipinski definition) is 0. The van der Waals surface area contributed by atoms with Gasteiger partial charge in [0.15, 0.2) is 0 Å². The SMILES string of the molecule is COc1cccc(-c2cccc3c2CC[C@H](C2C=C(OC(F)(F)C(F)F)C=CC2)N3CCC(F)(F)F)c1. The quantitative estimate of drug-likeness (QED) is 0.326. The van der Waals surface area contributed by atoms with Gasteiger partial charge in [-0.15, -0.1) is 0 Å². The van der Waals surface area contributed by atoms with Gasteiger partial charge in [-0.3, -0.25) is 0 Å². The number of hydrogen-bond acceptors (Lipinski definition) is 3. The summed E-state index contributed by atoms with van der Waals surface area (Å²) in [6.45, 7) is -0.333. The first kappa shape index (κ1) is 26.9. The fourth-order valence-electron chi connectivity index (χ4n) is 4.99. The molecule has 1 heterocycles. The Balaban J connectivity index is 1.69.